The zero-order valence-corrected chi connectivity index (χ0v) is 15.2. The van der Waals surface area contributed by atoms with Gasteiger partial charge in [-0.25, -0.2) is 4.79 Å². The lowest BCUT2D eigenvalue weighted by Crippen LogP contribution is -2.43. The summed E-state index contributed by atoms with van der Waals surface area (Å²) in [6, 6.07) is 6.80. The number of aromatic nitrogens is 2. The second kappa shape index (κ2) is 7.07. The Balaban J connectivity index is 1.64. The first-order chi connectivity index (χ1) is 12.3. The fraction of sp³-hybridized carbons (Fsp3) is 0.389. The quantitative estimate of drug-likeness (QED) is 0.867. The molecule has 0 atom stereocenters. The van der Waals surface area contributed by atoms with Gasteiger partial charge < -0.3 is 20.2 Å². The molecule has 3 amide bonds. The van der Waals surface area contributed by atoms with E-state index in [-0.39, 0.29) is 29.8 Å². The monoisotopic (exact) mass is 357 g/mol. The number of phenols is 1. The number of amides is 3. The normalized spacial score (nSPS) is 13.3. The molecule has 3 rings (SSSR count). The van der Waals surface area contributed by atoms with E-state index in [0.29, 0.717) is 19.6 Å². The van der Waals surface area contributed by atoms with Gasteiger partial charge in [0.1, 0.15) is 5.75 Å². The van der Waals surface area contributed by atoms with E-state index in [1.54, 1.807) is 42.1 Å². The summed E-state index contributed by atoms with van der Waals surface area (Å²) >= 11 is 0. The second-order valence-corrected chi connectivity index (χ2v) is 6.65. The summed E-state index contributed by atoms with van der Waals surface area (Å²) in [5.74, 6) is -0.387. The first kappa shape index (κ1) is 17.8. The van der Waals surface area contributed by atoms with Gasteiger partial charge in [0.2, 0.25) is 0 Å². The molecule has 2 aromatic rings. The van der Waals surface area contributed by atoms with Crippen molar-refractivity contribution >= 4 is 11.9 Å². The minimum atomic E-state index is -0.349. The van der Waals surface area contributed by atoms with Gasteiger partial charge in [0.25, 0.3) is 5.91 Å². The SMILES string of the molecule is Cc1ccc(C(=O)NCc2cc3n(n2)CCN(C(=O)N(C)C)C3)c(O)c1. The number of aromatic hydroxyl groups is 1. The summed E-state index contributed by atoms with van der Waals surface area (Å²) in [5, 5.41) is 17.1. The molecule has 0 aliphatic carbocycles. The van der Waals surface area contributed by atoms with E-state index in [9.17, 15) is 14.7 Å². The van der Waals surface area contributed by atoms with Crippen LogP contribution in [0.25, 0.3) is 0 Å². The van der Waals surface area contributed by atoms with Crippen molar-refractivity contribution in [2.24, 2.45) is 0 Å². The van der Waals surface area contributed by atoms with E-state index in [4.69, 9.17) is 0 Å². The van der Waals surface area contributed by atoms with Crippen LogP contribution in [0.2, 0.25) is 0 Å². The molecule has 0 saturated carbocycles. The number of rotatable bonds is 3. The molecule has 1 aliphatic rings. The summed E-state index contributed by atoms with van der Waals surface area (Å²) in [6.45, 7) is 3.84. The summed E-state index contributed by atoms with van der Waals surface area (Å²) in [4.78, 5) is 27.7. The Morgan fingerprint density at radius 3 is 2.73 bits per heavy atom. The van der Waals surface area contributed by atoms with Gasteiger partial charge >= 0.3 is 6.03 Å². The van der Waals surface area contributed by atoms with Crippen LogP contribution in [-0.4, -0.2) is 57.3 Å². The molecule has 2 N–H and O–H groups in total. The number of nitrogens with zero attached hydrogens (tertiary/aromatic N) is 4. The van der Waals surface area contributed by atoms with Crippen LogP contribution in [0.4, 0.5) is 4.79 Å². The van der Waals surface area contributed by atoms with Crippen molar-refractivity contribution < 1.29 is 14.7 Å². The van der Waals surface area contributed by atoms with Gasteiger partial charge in [0, 0.05) is 20.6 Å². The fourth-order valence-electron chi connectivity index (χ4n) is 2.96. The second-order valence-electron chi connectivity index (χ2n) is 6.65. The van der Waals surface area contributed by atoms with Gasteiger partial charge in [-0.1, -0.05) is 6.07 Å². The lowest BCUT2D eigenvalue weighted by atomic mass is 10.1. The van der Waals surface area contributed by atoms with Crippen LogP contribution < -0.4 is 5.32 Å². The maximum Gasteiger partial charge on any atom is 0.319 e. The van der Waals surface area contributed by atoms with Crippen LogP contribution in [0.3, 0.4) is 0 Å². The number of fused-ring (bicyclic) bond motifs is 1. The molecule has 8 nitrogen and oxygen atoms in total. The first-order valence-corrected chi connectivity index (χ1v) is 8.45. The summed E-state index contributed by atoms with van der Waals surface area (Å²) in [5.41, 5.74) is 2.79. The third-order valence-electron chi connectivity index (χ3n) is 4.33. The van der Waals surface area contributed by atoms with Gasteiger partial charge in [-0.3, -0.25) is 9.48 Å². The molecule has 1 aliphatic heterocycles. The van der Waals surface area contributed by atoms with Crippen molar-refractivity contribution in [2.45, 2.75) is 26.6 Å². The van der Waals surface area contributed by atoms with Crippen LogP contribution in [0.5, 0.6) is 5.75 Å². The van der Waals surface area contributed by atoms with E-state index in [1.807, 2.05) is 17.7 Å². The molecule has 0 fully saturated rings. The number of carbonyl (C=O) groups excluding carboxylic acids is 2. The van der Waals surface area contributed by atoms with E-state index in [1.165, 1.54) is 0 Å². The molecule has 0 radical (unpaired) electrons. The number of phenolic OH excluding ortho intramolecular Hbond substituents is 1. The molecule has 1 aromatic carbocycles. The third-order valence-corrected chi connectivity index (χ3v) is 4.33. The number of carbonyl (C=O) groups is 2. The van der Waals surface area contributed by atoms with Crippen LogP contribution >= 0.6 is 0 Å². The first-order valence-electron chi connectivity index (χ1n) is 8.45. The average molecular weight is 357 g/mol. The highest BCUT2D eigenvalue weighted by molar-refractivity contribution is 5.96. The van der Waals surface area contributed by atoms with Crippen molar-refractivity contribution in [1.29, 1.82) is 0 Å². The summed E-state index contributed by atoms with van der Waals surface area (Å²) < 4.78 is 1.87. The highest BCUT2D eigenvalue weighted by Gasteiger charge is 2.23. The zero-order valence-electron chi connectivity index (χ0n) is 15.2. The fourth-order valence-corrected chi connectivity index (χ4v) is 2.96. The highest BCUT2D eigenvalue weighted by atomic mass is 16.3. The zero-order chi connectivity index (χ0) is 18.8. The van der Waals surface area contributed by atoms with Crippen molar-refractivity contribution in [3.05, 3.63) is 46.8 Å². The van der Waals surface area contributed by atoms with Crippen molar-refractivity contribution in [2.75, 3.05) is 20.6 Å². The molecule has 2 heterocycles. The molecular formula is C18H23N5O3. The molecule has 0 spiro atoms. The molecule has 26 heavy (non-hydrogen) atoms. The number of aryl methyl sites for hydroxylation is 1. The van der Waals surface area contributed by atoms with Gasteiger partial charge in [0.15, 0.2) is 0 Å². The Kier molecular flexibility index (Phi) is 4.83. The topological polar surface area (TPSA) is 90.7 Å². The summed E-state index contributed by atoms with van der Waals surface area (Å²) in [7, 11) is 3.46. The Bertz CT molecular complexity index is 843. The Hall–Kier alpha value is -3.03. The lowest BCUT2D eigenvalue weighted by Gasteiger charge is -2.29. The Morgan fingerprint density at radius 1 is 1.27 bits per heavy atom. The number of urea groups is 1. The van der Waals surface area contributed by atoms with Crippen molar-refractivity contribution in [1.82, 2.24) is 24.9 Å². The van der Waals surface area contributed by atoms with E-state index >= 15 is 0 Å². The van der Waals surface area contributed by atoms with Gasteiger partial charge in [0.05, 0.1) is 36.6 Å². The van der Waals surface area contributed by atoms with E-state index in [2.05, 4.69) is 10.4 Å². The van der Waals surface area contributed by atoms with Crippen LogP contribution in [-0.2, 0) is 19.6 Å². The number of nitrogens with one attached hydrogen (secondary N) is 1. The van der Waals surface area contributed by atoms with Crippen molar-refractivity contribution in [3.8, 4) is 5.75 Å². The molecule has 1 aromatic heterocycles. The molecule has 8 heteroatoms. The van der Waals surface area contributed by atoms with Crippen LogP contribution in [0, 0.1) is 6.92 Å². The van der Waals surface area contributed by atoms with Gasteiger partial charge in [-0.2, -0.15) is 5.10 Å². The highest BCUT2D eigenvalue weighted by Crippen LogP contribution is 2.19. The number of hydrogen-bond donors (Lipinski definition) is 2. The smallest absolute Gasteiger partial charge is 0.319 e. The largest absolute Gasteiger partial charge is 0.507 e. The molecular weight excluding hydrogens is 334 g/mol. The van der Waals surface area contributed by atoms with Crippen LogP contribution in [0.1, 0.15) is 27.3 Å². The van der Waals surface area contributed by atoms with Crippen LogP contribution in [0.15, 0.2) is 24.3 Å². The predicted molar refractivity (Wildman–Crippen MR) is 95.7 cm³/mol. The number of benzene rings is 1. The molecule has 0 saturated heterocycles. The van der Waals surface area contributed by atoms with Crippen molar-refractivity contribution in [3.63, 3.8) is 0 Å². The summed E-state index contributed by atoms with van der Waals surface area (Å²) in [6.07, 6.45) is 0. The molecule has 138 valence electrons. The van der Waals surface area contributed by atoms with E-state index in [0.717, 1.165) is 17.0 Å². The standard InChI is InChI=1S/C18H23N5O3/c1-12-4-5-15(16(24)8-12)17(25)19-10-13-9-14-11-22(18(26)21(2)3)6-7-23(14)20-13/h4-5,8-9,24H,6-7,10-11H2,1-3H3,(H,19,25). The maximum atomic E-state index is 12.2. The Labute approximate surface area is 152 Å². The third kappa shape index (κ3) is 3.63. The van der Waals surface area contributed by atoms with E-state index < -0.39 is 0 Å². The van der Waals surface area contributed by atoms with Gasteiger partial charge in [-0.05, 0) is 30.7 Å². The molecule has 0 bridgehead atoms. The molecule has 0 unspecified atom stereocenters. The Morgan fingerprint density at radius 2 is 2.04 bits per heavy atom. The maximum absolute atomic E-state index is 12.2. The van der Waals surface area contributed by atoms with Gasteiger partial charge in [-0.15, -0.1) is 0 Å². The predicted octanol–water partition coefficient (Wildman–Crippen LogP) is 1.32. The number of hydrogen-bond acceptors (Lipinski definition) is 4. The average Bonchev–Trinajstić information content (AvgIpc) is 3.00. The minimum Gasteiger partial charge on any atom is -0.507 e. The lowest BCUT2D eigenvalue weighted by molar-refractivity contribution is 0.0947. The minimum absolute atomic E-state index is 0.0258.